The lowest BCUT2D eigenvalue weighted by Crippen LogP contribution is -2.39. The van der Waals surface area contributed by atoms with Crippen LogP contribution in [0.15, 0.2) is 6.07 Å². The van der Waals surface area contributed by atoms with Crippen molar-refractivity contribution in [3.63, 3.8) is 0 Å². The Morgan fingerprint density at radius 3 is 2.37 bits per heavy atom. The number of methoxy groups -OCH3 is 1. The van der Waals surface area contributed by atoms with Gasteiger partial charge in [-0.2, -0.15) is 0 Å². The fourth-order valence-electron chi connectivity index (χ4n) is 2.28. The number of nitrogens with one attached hydrogen (secondary N) is 1. The third-order valence-corrected chi connectivity index (χ3v) is 3.91. The van der Waals surface area contributed by atoms with Gasteiger partial charge in [0.1, 0.15) is 5.75 Å². The number of hydrogen-bond acceptors (Lipinski definition) is 3. The lowest BCUT2D eigenvalue weighted by molar-refractivity contribution is 0.230. The van der Waals surface area contributed by atoms with Crippen LogP contribution in [0, 0.1) is 20.8 Å². The van der Waals surface area contributed by atoms with E-state index in [1.807, 2.05) is 0 Å². The van der Waals surface area contributed by atoms with Gasteiger partial charge in [-0.1, -0.05) is 0 Å². The summed E-state index contributed by atoms with van der Waals surface area (Å²) in [7, 11) is 1.71. The quantitative estimate of drug-likeness (QED) is 0.831. The highest BCUT2D eigenvalue weighted by molar-refractivity contribution is 5.48. The van der Waals surface area contributed by atoms with Gasteiger partial charge in [-0.05, 0) is 69.4 Å². The number of ether oxygens (including phenoxy) is 1. The monoisotopic (exact) mass is 265 g/mol. The molecule has 0 atom stereocenters. The summed E-state index contributed by atoms with van der Waals surface area (Å²) >= 11 is 0. The number of aliphatic hydroxyl groups excluding tert-OH is 1. The molecule has 0 radical (unpaired) electrons. The van der Waals surface area contributed by atoms with Crippen molar-refractivity contribution < 1.29 is 9.84 Å². The Hall–Kier alpha value is -1.06. The van der Waals surface area contributed by atoms with Crippen LogP contribution in [0.2, 0.25) is 0 Å². The van der Waals surface area contributed by atoms with Crippen LogP contribution in [-0.4, -0.2) is 24.4 Å². The van der Waals surface area contributed by atoms with Gasteiger partial charge in [0.2, 0.25) is 0 Å². The van der Waals surface area contributed by atoms with Crippen LogP contribution in [0.25, 0.3) is 0 Å². The maximum absolute atomic E-state index is 9.06. The molecule has 0 unspecified atom stereocenters. The van der Waals surface area contributed by atoms with Crippen molar-refractivity contribution in [2.45, 2.75) is 53.1 Å². The van der Waals surface area contributed by atoms with E-state index in [1.54, 1.807) is 7.11 Å². The van der Waals surface area contributed by atoms with Crippen molar-refractivity contribution in [2.75, 3.05) is 13.7 Å². The Morgan fingerprint density at radius 2 is 1.84 bits per heavy atom. The molecule has 3 heteroatoms. The van der Waals surface area contributed by atoms with Crippen LogP contribution in [-0.2, 0) is 6.54 Å². The highest BCUT2D eigenvalue weighted by Gasteiger charge is 2.18. The zero-order chi connectivity index (χ0) is 14.6. The summed E-state index contributed by atoms with van der Waals surface area (Å²) in [6.45, 7) is 11.6. The second kappa shape index (κ2) is 6.40. The summed E-state index contributed by atoms with van der Waals surface area (Å²) in [5.41, 5.74) is 4.99. The first-order valence-corrected chi connectivity index (χ1v) is 6.82. The molecular formula is C16H27NO2. The zero-order valence-electron chi connectivity index (χ0n) is 13.1. The lowest BCUT2D eigenvalue weighted by atomic mass is 9.95. The molecule has 2 N–H and O–H groups in total. The minimum atomic E-state index is -0.0541. The zero-order valence-corrected chi connectivity index (χ0v) is 13.1. The number of hydrogen-bond donors (Lipinski definition) is 2. The van der Waals surface area contributed by atoms with E-state index in [-0.39, 0.29) is 12.1 Å². The highest BCUT2D eigenvalue weighted by atomic mass is 16.5. The normalized spacial score (nSPS) is 11.7. The standard InChI is InChI=1S/C16H27NO2/c1-11-9-15(19-6)13(3)12(2)14(11)10-17-16(4,5)7-8-18/h9,17-18H,7-8,10H2,1-6H3. The Labute approximate surface area is 117 Å². The summed E-state index contributed by atoms with van der Waals surface area (Å²) in [6.07, 6.45) is 0.750. The third kappa shape index (κ3) is 3.95. The molecule has 0 heterocycles. The summed E-state index contributed by atoms with van der Waals surface area (Å²) in [4.78, 5) is 0. The van der Waals surface area contributed by atoms with Crippen molar-refractivity contribution in [1.29, 1.82) is 0 Å². The first-order chi connectivity index (χ1) is 8.82. The molecule has 0 aromatic heterocycles. The van der Waals surface area contributed by atoms with Crippen molar-refractivity contribution in [2.24, 2.45) is 0 Å². The largest absolute Gasteiger partial charge is 0.496 e. The fourth-order valence-corrected chi connectivity index (χ4v) is 2.28. The van der Waals surface area contributed by atoms with Crippen molar-refractivity contribution in [3.05, 3.63) is 28.3 Å². The van der Waals surface area contributed by atoms with Gasteiger partial charge in [0.15, 0.2) is 0 Å². The summed E-state index contributed by atoms with van der Waals surface area (Å²) in [5, 5.41) is 12.6. The molecule has 0 aliphatic carbocycles. The molecule has 0 bridgehead atoms. The first kappa shape index (κ1) is 16.0. The SMILES string of the molecule is COc1cc(C)c(CNC(C)(C)CCO)c(C)c1C. The number of benzene rings is 1. The number of rotatable bonds is 6. The van der Waals surface area contributed by atoms with E-state index < -0.39 is 0 Å². The van der Waals surface area contributed by atoms with Gasteiger partial charge < -0.3 is 15.2 Å². The molecule has 19 heavy (non-hydrogen) atoms. The van der Waals surface area contributed by atoms with Crippen molar-refractivity contribution >= 4 is 0 Å². The molecule has 108 valence electrons. The number of aliphatic hydroxyl groups is 1. The van der Waals surface area contributed by atoms with Crippen LogP contribution in [0.1, 0.15) is 42.5 Å². The molecule has 0 aliphatic heterocycles. The smallest absolute Gasteiger partial charge is 0.122 e. The molecule has 0 amide bonds. The molecule has 0 spiro atoms. The van der Waals surface area contributed by atoms with Gasteiger partial charge >= 0.3 is 0 Å². The van der Waals surface area contributed by atoms with Crippen LogP contribution in [0.3, 0.4) is 0 Å². The minimum Gasteiger partial charge on any atom is -0.496 e. The topological polar surface area (TPSA) is 41.5 Å². The molecular weight excluding hydrogens is 238 g/mol. The predicted molar refractivity (Wildman–Crippen MR) is 79.8 cm³/mol. The third-order valence-electron chi connectivity index (χ3n) is 3.91. The maximum atomic E-state index is 9.06. The van der Waals surface area contributed by atoms with Crippen molar-refractivity contribution in [3.8, 4) is 5.75 Å². The van der Waals surface area contributed by atoms with E-state index >= 15 is 0 Å². The van der Waals surface area contributed by atoms with E-state index in [0.29, 0.717) is 0 Å². The van der Waals surface area contributed by atoms with Crippen molar-refractivity contribution in [1.82, 2.24) is 5.32 Å². The second-order valence-corrected chi connectivity index (χ2v) is 5.84. The average Bonchev–Trinajstić information content (AvgIpc) is 2.33. The van der Waals surface area contributed by atoms with E-state index in [4.69, 9.17) is 9.84 Å². The molecule has 3 nitrogen and oxygen atoms in total. The Kier molecular flexibility index (Phi) is 5.39. The van der Waals surface area contributed by atoms with E-state index in [0.717, 1.165) is 18.7 Å². The van der Waals surface area contributed by atoms with Crippen LogP contribution >= 0.6 is 0 Å². The van der Waals surface area contributed by atoms with Gasteiger partial charge in [0, 0.05) is 18.7 Å². The van der Waals surface area contributed by atoms with Crippen LogP contribution < -0.4 is 10.1 Å². The van der Waals surface area contributed by atoms with E-state index in [9.17, 15) is 0 Å². The van der Waals surface area contributed by atoms with Gasteiger partial charge in [0.25, 0.3) is 0 Å². The van der Waals surface area contributed by atoms with Crippen LogP contribution in [0.5, 0.6) is 5.75 Å². The summed E-state index contributed by atoms with van der Waals surface area (Å²) < 4.78 is 5.39. The van der Waals surface area contributed by atoms with E-state index in [1.165, 1.54) is 22.3 Å². The minimum absolute atomic E-state index is 0.0541. The molecule has 0 aliphatic rings. The Morgan fingerprint density at radius 1 is 1.21 bits per heavy atom. The van der Waals surface area contributed by atoms with Gasteiger partial charge in [0.05, 0.1) is 7.11 Å². The second-order valence-electron chi connectivity index (χ2n) is 5.84. The fraction of sp³-hybridized carbons (Fsp3) is 0.625. The Balaban J connectivity index is 2.94. The average molecular weight is 265 g/mol. The first-order valence-electron chi connectivity index (χ1n) is 6.82. The summed E-state index contributed by atoms with van der Waals surface area (Å²) in [6, 6.07) is 2.10. The van der Waals surface area contributed by atoms with Gasteiger partial charge in [-0.15, -0.1) is 0 Å². The molecule has 0 saturated heterocycles. The number of aryl methyl sites for hydroxylation is 1. The Bertz CT molecular complexity index is 439. The maximum Gasteiger partial charge on any atom is 0.122 e. The van der Waals surface area contributed by atoms with E-state index in [2.05, 4.69) is 46.0 Å². The van der Waals surface area contributed by atoms with Gasteiger partial charge in [-0.3, -0.25) is 0 Å². The lowest BCUT2D eigenvalue weighted by Gasteiger charge is -2.27. The highest BCUT2D eigenvalue weighted by Crippen LogP contribution is 2.27. The molecule has 1 aromatic rings. The predicted octanol–water partition coefficient (Wildman–Crippen LogP) is 2.87. The van der Waals surface area contributed by atoms with Gasteiger partial charge in [-0.25, -0.2) is 0 Å². The molecule has 0 saturated carbocycles. The molecule has 1 aromatic carbocycles. The molecule has 1 rings (SSSR count). The van der Waals surface area contributed by atoms with Crippen LogP contribution in [0.4, 0.5) is 0 Å². The summed E-state index contributed by atoms with van der Waals surface area (Å²) in [5.74, 6) is 0.952. The molecule has 0 fully saturated rings.